The third-order valence-electron chi connectivity index (χ3n) is 3.08. The zero-order chi connectivity index (χ0) is 12.3. The van der Waals surface area contributed by atoms with Crippen LogP contribution in [-0.4, -0.2) is 29.6 Å². The van der Waals surface area contributed by atoms with Crippen molar-refractivity contribution < 1.29 is 9.53 Å². The molecule has 2 rings (SSSR count). The molecule has 0 radical (unpaired) electrons. The minimum absolute atomic E-state index is 0.153. The molecule has 2 N–H and O–H groups in total. The van der Waals surface area contributed by atoms with Crippen LogP contribution in [-0.2, 0) is 4.74 Å². The van der Waals surface area contributed by atoms with Crippen LogP contribution in [0.5, 0.6) is 0 Å². The van der Waals surface area contributed by atoms with Crippen LogP contribution in [0.4, 0.5) is 0 Å². The molecular weight excluding hydrogens is 220 g/mol. The summed E-state index contributed by atoms with van der Waals surface area (Å²) in [5, 5.41) is 2.91. The van der Waals surface area contributed by atoms with Crippen LogP contribution in [0.1, 0.15) is 30.1 Å². The second-order valence-corrected chi connectivity index (χ2v) is 4.55. The average Bonchev–Trinajstić information content (AvgIpc) is 2.29. The molecule has 2 heterocycles. The maximum absolute atomic E-state index is 12.0. The van der Waals surface area contributed by atoms with E-state index in [1.807, 2.05) is 6.92 Å². The van der Waals surface area contributed by atoms with Gasteiger partial charge in [-0.1, -0.05) is 0 Å². The zero-order valence-corrected chi connectivity index (χ0v) is 9.79. The SMILES string of the molecule is CC1(NC(=O)c2c[nH]ccc2=O)CCOCC1. The molecule has 0 aliphatic carbocycles. The molecule has 0 saturated carbocycles. The number of aromatic amines is 1. The second kappa shape index (κ2) is 4.71. The van der Waals surface area contributed by atoms with Crippen LogP contribution in [0.2, 0.25) is 0 Å². The molecule has 0 atom stereocenters. The number of carbonyl (C=O) groups excluding carboxylic acids is 1. The Morgan fingerprint density at radius 3 is 2.82 bits per heavy atom. The lowest BCUT2D eigenvalue weighted by Gasteiger charge is -2.34. The highest BCUT2D eigenvalue weighted by atomic mass is 16.5. The summed E-state index contributed by atoms with van der Waals surface area (Å²) in [5.41, 5.74) is -0.394. The third-order valence-corrected chi connectivity index (χ3v) is 3.08. The van der Waals surface area contributed by atoms with Crippen LogP contribution in [0.25, 0.3) is 0 Å². The fourth-order valence-electron chi connectivity index (χ4n) is 1.88. The lowest BCUT2D eigenvalue weighted by molar-refractivity contribution is 0.0422. The molecule has 0 bridgehead atoms. The van der Waals surface area contributed by atoms with E-state index in [-0.39, 0.29) is 22.4 Å². The molecule has 0 unspecified atom stereocenters. The Kier molecular flexibility index (Phi) is 3.28. The van der Waals surface area contributed by atoms with Gasteiger partial charge in [-0.15, -0.1) is 0 Å². The van der Waals surface area contributed by atoms with Crippen molar-refractivity contribution in [3.63, 3.8) is 0 Å². The molecule has 1 amide bonds. The minimum atomic E-state index is -0.323. The van der Waals surface area contributed by atoms with Crippen LogP contribution < -0.4 is 10.7 Å². The maximum Gasteiger partial charge on any atom is 0.257 e. The van der Waals surface area contributed by atoms with Gasteiger partial charge in [-0.25, -0.2) is 0 Å². The summed E-state index contributed by atoms with van der Waals surface area (Å²) >= 11 is 0. The predicted molar refractivity (Wildman–Crippen MR) is 63.0 cm³/mol. The Balaban J connectivity index is 2.11. The van der Waals surface area contributed by atoms with Gasteiger partial charge < -0.3 is 15.0 Å². The van der Waals surface area contributed by atoms with E-state index in [9.17, 15) is 9.59 Å². The molecule has 1 aromatic rings. The molecular formula is C12H16N2O3. The summed E-state index contributed by atoms with van der Waals surface area (Å²) in [7, 11) is 0. The number of rotatable bonds is 2. The number of hydrogen-bond donors (Lipinski definition) is 2. The van der Waals surface area contributed by atoms with Gasteiger partial charge in [0.05, 0.1) is 0 Å². The molecule has 5 nitrogen and oxygen atoms in total. The van der Waals surface area contributed by atoms with Crippen molar-refractivity contribution >= 4 is 5.91 Å². The van der Waals surface area contributed by atoms with E-state index in [1.165, 1.54) is 18.5 Å². The molecule has 92 valence electrons. The third kappa shape index (κ3) is 2.74. The van der Waals surface area contributed by atoms with Crippen molar-refractivity contribution in [1.29, 1.82) is 0 Å². The van der Waals surface area contributed by atoms with Crippen molar-refractivity contribution in [3.8, 4) is 0 Å². The molecule has 1 aromatic heterocycles. The van der Waals surface area contributed by atoms with Gasteiger partial charge in [0.2, 0.25) is 0 Å². The van der Waals surface area contributed by atoms with Gasteiger partial charge in [-0.3, -0.25) is 9.59 Å². The summed E-state index contributed by atoms with van der Waals surface area (Å²) in [6.45, 7) is 3.26. The Labute approximate surface area is 99.2 Å². The van der Waals surface area contributed by atoms with Gasteiger partial charge in [-0.05, 0) is 19.8 Å². The monoisotopic (exact) mass is 236 g/mol. The number of hydrogen-bond acceptors (Lipinski definition) is 3. The largest absolute Gasteiger partial charge is 0.381 e. The van der Waals surface area contributed by atoms with E-state index in [4.69, 9.17) is 4.74 Å². The van der Waals surface area contributed by atoms with Gasteiger partial charge in [0.1, 0.15) is 5.56 Å². The minimum Gasteiger partial charge on any atom is -0.381 e. The standard InChI is InChI=1S/C12H16N2O3/c1-12(3-6-17-7-4-12)14-11(16)9-8-13-5-2-10(9)15/h2,5,8H,3-4,6-7H2,1H3,(H,13,15)(H,14,16). The topological polar surface area (TPSA) is 71.2 Å². The Bertz CT molecular complexity index is 461. The lowest BCUT2D eigenvalue weighted by atomic mass is 9.92. The van der Waals surface area contributed by atoms with Gasteiger partial charge in [0.15, 0.2) is 5.43 Å². The molecule has 0 spiro atoms. The molecule has 1 aliphatic rings. The molecule has 17 heavy (non-hydrogen) atoms. The van der Waals surface area contributed by atoms with Crippen molar-refractivity contribution in [2.24, 2.45) is 0 Å². The number of nitrogens with one attached hydrogen (secondary N) is 2. The molecule has 1 fully saturated rings. The quantitative estimate of drug-likeness (QED) is 0.793. The molecule has 5 heteroatoms. The first-order chi connectivity index (χ1) is 8.11. The van der Waals surface area contributed by atoms with E-state index in [2.05, 4.69) is 10.3 Å². The van der Waals surface area contributed by atoms with Crippen LogP contribution in [0.15, 0.2) is 23.3 Å². The van der Waals surface area contributed by atoms with Crippen molar-refractivity contribution in [2.45, 2.75) is 25.3 Å². The highest BCUT2D eigenvalue weighted by Crippen LogP contribution is 2.19. The second-order valence-electron chi connectivity index (χ2n) is 4.55. The zero-order valence-electron chi connectivity index (χ0n) is 9.79. The van der Waals surface area contributed by atoms with Gasteiger partial charge >= 0.3 is 0 Å². The Morgan fingerprint density at radius 2 is 2.18 bits per heavy atom. The summed E-state index contributed by atoms with van der Waals surface area (Å²) in [4.78, 5) is 26.2. The van der Waals surface area contributed by atoms with E-state index in [0.717, 1.165) is 12.8 Å². The average molecular weight is 236 g/mol. The van der Waals surface area contributed by atoms with E-state index < -0.39 is 0 Å². The van der Waals surface area contributed by atoms with Crippen LogP contribution >= 0.6 is 0 Å². The Hall–Kier alpha value is -1.62. The van der Waals surface area contributed by atoms with Crippen LogP contribution in [0.3, 0.4) is 0 Å². The number of aromatic nitrogens is 1. The predicted octanol–water partition coefficient (Wildman–Crippen LogP) is 0.674. The summed E-state index contributed by atoms with van der Waals surface area (Å²) in [6, 6.07) is 1.35. The van der Waals surface area contributed by atoms with E-state index >= 15 is 0 Å². The fourth-order valence-corrected chi connectivity index (χ4v) is 1.88. The first-order valence-electron chi connectivity index (χ1n) is 5.68. The number of pyridine rings is 1. The highest BCUT2D eigenvalue weighted by molar-refractivity contribution is 5.94. The fraction of sp³-hybridized carbons (Fsp3) is 0.500. The first-order valence-corrected chi connectivity index (χ1v) is 5.68. The number of carbonyl (C=O) groups is 1. The highest BCUT2D eigenvalue weighted by Gasteiger charge is 2.29. The van der Waals surface area contributed by atoms with Gasteiger partial charge in [0, 0.05) is 37.2 Å². The number of ether oxygens (including phenoxy) is 1. The summed E-state index contributed by atoms with van der Waals surface area (Å²) in [5.74, 6) is -0.323. The molecule has 1 aliphatic heterocycles. The Morgan fingerprint density at radius 1 is 1.47 bits per heavy atom. The normalized spacial score (nSPS) is 18.6. The van der Waals surface area contributed by atoms with Crippen molar-refractivity contribution in [3.05, 3.63) is 34.2 Å². The van der Waals surface area contributed by atoms with Gasteiger partial charge in [0.25, 0.3) is 5.91 Å². The maximum atomic E-state index is 12.0. The van der Waals surface area contributed by atoms with Crippen molar-refractivity contribution in [1.82, 2.24) is 10.3 Å². The van der Waals surface area contributed by atoms with E-state index in [0.29, 0.717) is 13.2 Å². The first kappa shape index (κ1) is 11.9. The number of amides is 1. The van der Waals surface area contributed by atoms with E-state index in [1.54, 1.807) is 0 Å². The molecule has 0 aromatic carbocycles. The lowest BCUT2D eigenvalue weighted by Crippen LogP contribution is -2.50. The van der Waals surface area contributed by atoms with Gasteiger partial charge in [-0.2, -0.15) is 0 Å². The number of H-pyrrole nitrogens is 1. The van der Waals surface area contributed by atoms with Crippen LogP contribution in [0, 0.1) is 0 Å². The smallest absolute Gasteiger partial charge is 0.257 e. The molecule has 1 saturated heterocycles. The summed E-state index contributed by atoms with van der Waals surface area (Å²) in [6.07, 6.45) is 4.47. The summed E-state index contributed by atoms with van der Waals surface area (Å²) < 4.78 is 5.26. The van der Waals surface area contributed by atoms with Crippen molar-refractivity contribution in [2.75, 3.05) is 13.2 Å².